The number of nitrogens with zero attached hydrogens (tertiary/aromatic N) is 1. The van der Waals surface area contributed by atoms with Crippen molar-refractivity contribution in [3.8, 4) is 0 Å². The number of carbonyl (C=O) groups is 2. The number of carbonyl (C=O) groups excluding carboxylic acids is 1. The number of nitrogens with one attached hydrogen (secondary N) is 1. The van der Waals surface area contributed by atoms with Crippen molar-refractivity contribution in [1.82, 2.24) is 10.2 Å². The van der Waals surface area contributed by atoms with E-state index in [1.807, 2.05) is 0 Å². The summed E-state index contributed by atoms with van der Waals surface area (Å²) in [5, 5.41) is 11.4. The van der Waals surface area contributed by atoms with Crippen molar-refractivity contribution in [2.45, 2.75) is 38.9 Å². The second-order valence-electron chi connectivity index (χ2n) is 5.09. The van der Waals surface area contributed by atoms with E-state index in [1.165, 1.54) is 0 Å². The van der Waals surface area contributed by atoms with Crippen LogP contribution in [0.5, 0.6) is 0 Å². The molecule has 1 amide bonds. The second-order valence-corrected chi connectivity index (χ2v) is 5.09. The first-order valence-corrected chi connectivity index (χ1v) is 6.46. The van der Waals surface area contributed by atoms with Gasteiger partial charge in [-0.25, -0.2) is 0 Å². The van der Waals surface area contributed by atoms with Crippen LogP contribution in [0.25, 0.3) is 0 Å². The molecule has 0 aromatic carbocycles. The summed E-state index contributed by atoms with van der Waals surface area (Å²) in [5.41, 5.74) is -2.51. The molecule has 0 bridgehead atoms. The Hall–Kier alpha value is -1.31. The SMILES string of the molecule is CCC(C)N(CC(=O)O)C(=O)C1(C(F)(F)F)CCNC1. The minimum absolute atomic E-state index is 0.0899. The van der Waals surface area contributed by atoms with E-state index in [4.69, 9.17) is 5.11 Å². The van der Waals surface area contributed by atoms with Crippen LogP contribution in [0, 0.1) is 5.41 Å². The van der Waals surface area contributed by atoms with Crippen molar-refractivity contribution in [2.24, 2.45) is 5.41 Å². The predicted octanol–water partition coefficient (Wildman–Crippen LogP) is 1.24. The van der Waals surface area contributed by atoms with Crippen LogP contribution >= 0.6 is 0 Å². The van der Waals surface area contributed by atoms with Crippen molar-refractivity contribution in [1.29, 1.82) is 0 Å². The topological polar surface area (TPSA) is 69.6 Å². The number of rotatable bonds is 5. The molecule has 2 atom stereocenters. The van der Waals surface area contributed by atoms with E-state index < -0.39 is 42.6 Å². The van der Waals surface area contributed by atoms with Gasteiger partial charge in [0.1, 0.15) is 6.54 Å². The first-order valence-electron chi connectivity index (χ1n) is 6.46. The van der Waals surface area contributed by atoms with Crippen molar-refractivity contribution in [3.63, 3.8) is 0 Å². The quantitative estimate of drug-likeness (QED) is 0.801. The van der Waals surface area contributed by atoms with Gasteiger partial charge in [0.05, 0.1) is 0 Å². The molecule has 1 rings (SSSR count). The average molecular weight is 296 g/mol. The molecule has 1 fully saturated rings. The van der Waals surface area contributed by atoms with E-state index in [2.05, 4.69) is 5.32 Å². The minimum atomic E-state index is -4.70. The highest BCUT2D eigenvalue weighted by molar-refractivity contribution is 5.87. The molecule has 0 saturated carbocycles. The van der Waals surface area contributed by atoms with Crippen molar-refractivity contribution >= 4 is 11.9 Å². The van der Waals surface area contributed by atoms with Crippen LogP contribution in [0.4, 0.5) is 13.2 Å². The van der Waals surface area contributed by atoms with E-state index in [0.717, 1.165) is 4.90 Å². The summed E-state index contributed by atoms with van der Waals surface area (Å²) >= 11 is 0. The summed E-state index contributed by atoms with van der Waals surface area (Å²) in [6.45, 7) is 2.12. The third-order valence-corrected chi connectivity index (χ3v) is 3.80. The maximum absolute atomic E-state index is 13.3. The molecule has 2 N–H and O–H groups in total. The Bertz CT molecular complexity index is 379. The molecule has 0 aliphatic carbocycles. The first-order chi connectivity index (χ1) is 9.15. The highest BCUT2D eigenvalue weighted by atomic mass is 19.4. The molecule has 8 heteroatoms. The van der Waals surface area contributed by atoms with Crippen LogP contribution in [0.1, 0.15) is 26.7 Å². The molecule has 5 nitrogen and oxygen atoms in total. The molecule has 116 valence electrons. The standard InChI is InChI=1S/C12H19F3N2O3/c1-3-8(2)17(6-9(18)19)10(20)11(12(13,14)15)4-5-16-7-11/h8,16H,3-7H2,1-2H3,(H,18,19). The monoisotopic (exact) mass is 296 g/mol. The summed E-state index contributed by atoms with van der Waals surface area (Å²) in [6.07, 6.45) is -4.67. The Balaban J connectivity index is 3.11. The number of hydrogen-bond acceptors (Lipinski definition) is 3. The zero-order valence-corrected chi connectivity index (χ0v) is 11.5. The van der Waals surface area contributed by atoms with Gasteiger partial charge >= 0.3 is 12.1 Å². The van der Waals surface area contributed by atoms with Crippen molar-refractivity contribution in [2.75, 3.05) is 19.6 Å². The molecule has 0 aromatic rings. The molecule has 0 aromatic heterocycles. The lowest BCUT2D eigenvalue weighted by atomic mass is 9.84. The molecule has 1 heterocycles. The van der Waals surface area contributed by atoms with E-state index in [1.54, 1.807) is 13.8 Å². The van der Waals surface area contributed by atoms with Crippen LogP contribution in [0.15, 0.2) is 0 Å². The highest BCUT2D eigenvalue weighted by Gasteiger charge is 2.62. The Kier molecular flexibility index (Phi) is 5.01. The van der Waals surface area contributed by atoms with Crippen LogP contribution in [0.2, 0.25) is 0 Å². The average Bonchev–Trinajstić information content (AvgIpc) is 2.84. The van der Waals surface area contributed by atoms with Gasteiger partial charge in [-0.2, -0.15) is 13.2 Å². The summed E-state index contributed by atoms with van der Waals surface area (Å²) in [6, 6.07) is -0.557. The van der Waals surface area contributed by atoms with Gasteiger partial charge in [0.15, 0.2) is 5.41 Å². The molecule has 1 aliphatic heterocycles. The fraction of sp³-hybridized carbons (Fsp3) is 0.833. The van der Waals surface area contributed by atoms with E-state index in [-0.39, 0.29) is 13.0 Å². The fourth-order valence-corrected chi connectivity index (χ4v) is 2.31. The molecule has 20 heavy (non-hydrogen) atoms. The Labute approximate surface area is 115 Å². The lowest BCUT2D eigenvalue weighted by molar-refractivity contribution is -0.223. The smallest absolute Gasteiger partial charge is 0.404 e. The van der Waals surface area contributed by atoms with Gasteiger partial charge in [0.25, 0.3) is 0 Å². The minimum Gasteiger partial charge on any atom is -0.480 e. The molecule has 1 aliphatic rings. The highest BCUT2D eigenvalue weighted by Crippen LogP contribution is 2.44. The maximum Gasteiger partial charge on any atom is 0.404 e. The molecule has 2 unspecified atom stereocenters. The lowest BCUT2D eigenvalue weighted by Crippen LogP contribution is -2.56. The maximum atomic E-state index is 13.3. The lowest BCUT2D eigenvalue weighted by Gasteiger charge is -2.37. The zero-order valence-electron chi connectivity index (χ0n) is 11.5. The number of halogens is 3. The number of alkyl halides is 3. The number of amides is 1. The molecule has 1 saturated heterocycles. The normalized spacial score (nSPS) is 24.4. The third-order valence-electron chi connectivity index (χ3n) is 3.80. The van der Waals surface area contributed by atoms with Crippen molar-refractivity contribution < 1.29 is 27.9 Å². The van der Waals surface area contributed by atoms with Crippen LogP contribution in [-0.2, 0) is 9.59 Å². The zero-order chi connectivity index (χ0) is 15.6. The summed E-state index contributed by atoms with van der Waals surface area (Å²) < 4.78 is 39.9. The van der Waals surface area contributed by atoms with Gasteiger partial charge in [0.2, 0.25) is 5.91 Å². The molecular formula is C12H19F3N2O3. The number of carboxylic acids is 1. The number of carboxylic acid groups (broad SMARTS) is 1. The molecule has 0 radical (unpaired) electrons. The third kappa shape index (κ3) is 3.05. The van der Waals surface area contributed by atoms with Gasteiger partial charge in [-0.15, -0.1) is 0 Å². The van der Waals surface area contributed by atoms with E-state index in [0.29, 0.717) is 6.42 Å². The van der Waals surface area contributed by atoms with E-state index in [9.17, 15) is 22.8 Å². The summed E-state index contributed by atoms with van der Waals surface area (Å²) in [7, 11) is 0. The van der Waals surface area contributed by atoms with Crippen LogP contribution in [-0.4, -0.2) is 53.7 Å². The summed E-state index contributed by atoms with van der Waals surface area (Å²) in [4.78, 5) is 24.0. The van der Waals surface area contributed by atoms with E-state index >= 15 is 0 Å². The summed E-state index contributed by atoms with van der Waals surface area (Å²) in [5.74, 6) is -2.46. The largest absolute Gasteiger partial charge is 0.480 e. The fourth-order valence-electron chi connectivity index (χ4n) is 2.31. The second kappa shape index (κ2) is 5.99. The van der Waals surface area contributed by atoms with Crippen LogP contribution < -0.4 is 5.32 Å². The van der Waals surface area contributed by atoms with Gasteiger partial charge in [-0.05, 0) is 26.3 Å². The Morgan fingerprint density at radius 2 is 2.05 bits per heavy atom. The van der Waals surface area contributed by atoms with Crippen molar-refractivity contribution in [3.05, 3.63) is 0 Å². The Morgan fingerprint density at radius 1 is 1.45 bits per heavy atom. The van der Waals surface area contributed by atoms with Gasteiger partial charge < -0.3 is 15.3 Å². The number of hydrogen-bond donors (Lipinski definition) is 2. The molecular weight excluding hydrogens is 277 g/mol. The Morgan fingerprint density at radius 3 is 2.40 bits per heavy atom. The van der Waals surface area contributed by atoms with Crippen LogP contribution in [0.3, 0.4) is 0 Å². The van der Waals surface area contributed by atoms with Gasteiger partial charge in [-0.1, -0.05) is 6.92 Å². The first kappa shape index (κ1) is 16.7. The van der Waals surface area contributed by atoms with Gasteiger partial charge in [0, 0.05) is 12.6 Å². The molecule has 0 spiro atoms. The number of aliphatic carboxylic acids is 1. The van der Waals surface area contributed by atoms with Gasteiger partial charge in [-0.3, -0.25) is 9.59 Å². The predicted molar refractivity (Wildman–Crippen MR) is 65.1 cm³/mol.